The van der Waals surface area contributed by atoms with Gasteiger partial charge >= 0.3 is 0 Å². The molecule has 21 heavy (non-hydrogen) atoms. The lowest BCUT2D eigenvalue weighted by atomic mass is 10.1. The van der Waals surface area contributed by atoms with Crippen LogP contribution in [-0.2, 0) is 0 Å². The normalized spacial score (nSPS) is 10.2. The van der Waals surface area contributed by atoms with E-state index in [-0.39, 0.29) is 11.5 Å². The third-order valence-corrected chi connectivity index (χ3v) is 3.80. The van der Waals surface area contributed by atoms with E-state index >= 15 is 0 Å². The zero-order valence-corrected chi connectivity index (χ0v) is 12.7. The quantitative estimate of drug-likeness (QED) is 0.891. The summed E-state index contributed by atoms with van der Waals surface area (Å²) in [5, 5.41) is 2.60. The molecule has 2 rings (SSSR count). The molecule has 2 aromatic rings. The Hall–Kier alpha value is -2.21. The van der Waals surface area contributed by atoms with Crippen LogP contribution in [0.4, 0.5) is 10.1 Å². The van der Waals surface area contributed by atoms with Crippen LogP contribution >= 0.6 is 15.9 Å². The van der Waals surface area contributed by atoms with Crippen molar-refractivity contribution in [3.63, 3.8) is 0 Å². The number of halogens is 2. The highest BCUT2D eigenvalue weighted by Gasteiger charge is 2.12. The fourth-order valence-corrected chi connectivity index (χ4v) is 2.03. The Balaban J connectivity index is 2.25. The van der Waals surface area contributed by atoms with Crippen molar-refractivity contribution in [2.75, 3.05) is 5.32 Å². The minimum absolute atomic E-state index is 0.264. The molecule has 0 aliphatic heterocycles. The van der Waals surface area contributed by atoms with Crippen LogP contribution in [0.1, 0.15) is 26.3 Å². The van der Waals surface area contributed by atoms with Gasteiger partial charge in [-0.15, -0.1) is 0 Å². The average Bonchev–Trinajstić information content (AvgIpc) is 2.43. The molecule has 0 bridgehead atoms. The summed E-state index contributed by atoms with van der Waals surface area (Å²) in [4.78, 5) is 23.2. The summed E-state index contributed by atoms with van der Waals surface area (Å²) in [7, 11) is 0. The summed E-state index contributed by atoms with van der Waals surface area (Å²) in [5.41, 5.74) is 6.48. The van der Waals surface area contributed by atoms with Crippen molar-refractivity contribution in [1.29, 1.82) is 0 Å². The van der Waals surface area contributed by atoms with E-state index in [2.05, 4.69) is 21.2 Å². The lowest BCUT2D eigenvalue weighted by molar-refractivity contribution is 0.0992. The highest BCUT2D eigenvalue weighted by atomic mass is 79.9. The largest absolute Gasteiger partial charge is 0.366 e. The average molecular weight is 351 g/mol. The Morgan fingerprint density at radius 3 is 2.52 bits per heavy atom. The van der Waals surface area contributed by atoms with Crippen LogP contribution in [0.2, 0.25) is 0 Å². The van der Waals surface area contributed by atoms with E-state index in [1.54, 1.807) is 18.2 Å². The maximum absolute atomic E-state index is 13.4. The third-order valence-electron chi connectivity index (χ3n) is 2.91. The first-order chi connectivity index (χ1) is 9.88. The molecule has 0 aliphatic rings. The second-order valence-electron chi connectivity index (χ2n) is 4.48. The van der Waals surface area contributed by atoms with Crippen LogP contribution in [-0.4, -0.2) is 11.8 Å². The van der Waals surface area contributed by atoms with E-state index in [0.29, 0.717) is 11.3 Å². The number of nitrogens with one attached hydrogen (secondary N) is 1. The predicted molar refractivity (Wildman–Crippen MR) is 81.8 cm³/mol. The topological polar surface area (TPSA) is 72.2 Å². The fraction of sp³-hybridized carbons (Fsp3) is 0.0667. The van der Waals surface area contributed by atoms with Gasteiger partial charge in [0.25, 0.3) is 11.8 Å². The number of rotatable bonds is 3. The third kappa shape index (κ3) is 3.46. The number of amides is 2. The minimum Gasteiger partial charge on any atom is -0.366 e. The first kappa shape index (κ1) is 15.2. The van der Waals surface area contributed by atoms with Crippen LogP contribution in [0.5, 0.6) is 0 Å². The number of carbonyl (C=O) groups is 2. The standard InChI is InChI=1S/C15H12BrFN2O2/c1-8-6-9(2-4-12(8)16)15(21)19-10-3-5-13(17)11(7-10)14(18)20/h2-7H,1H3,(H2,18,20)(H,19,21). The highest BCUT2D eigenvalue weighted by Crippen LogP contribution is 2.19. The van der Waals surface area contributed by atoms with Crippen LogP contribution in [0.15, 0.2) is 40.9 Å². The number of anilines is 1. The van der Waals surface area contributed by atoms with Crippen molar-refractivity contribution < 1.29 is 14.0 Å². The number of benzene rings is 2. The Morgan fingerprint density at radius 1 is 1.19 bits per heavy atom. The molecule has 3 N–H and O–H groups in total. The van der Waals surface area contributed by atoms with E-state index in [0.717, 1.165) is 16.1 Å². The smallest absolute Gasteiger partial charge is 0.255 e. The summed E-state index contributed by atoms with van der Waals surface area (Å²) >= 11 is 3.35. The number of carbonyl (C=O) groups excluding carboxylic acids is 2. The van der Waals surface area contributed by atoms with E-state index < -0.39 is 11.7 Å². The van der Waals surface area contributed by atoms with Gasteiger partial charge in [0.1, 0.15) is 5.82 Å². The van der Waals surface area contributed by atoms with Gasteiger partial charge in [0.2, 0.25) is 0 Å². The second-order valence-corrected chi connectivity index (χ2v) is 5.33. The number of hydrogen-bond donors (Lipinski definition) is 2. The van der Waals surface area contributed by atoms with Crippen LogP contribution in [0.25, 0.3) is 0 Å². The zero-order chi connectivity index (χ0) is 15.6. The Morgan fingerprint density at radius 2 is 1.90 bits per heavy atom. The molecule has 0 unspecified atom stereocenters. The molecule has 0 aromatic heterocycles. The monoisotopic (exact) mass is 350 g/mol. The van der Waals surface area contributed by atoms with Gasteiger partial charge < -0.3 is 11.1 Å². The second kappa shape index (κ2) is 6.05. The summed E-state index contributed by atoms with van der Waals surface area (Å²) in [6, 6.07) is 8.81. The van der Waals surface area contributed by atoms with Gasteiger partial charge in [0.15, 0.2) is 0 Å². The van der Waals surface area contributed by atoms with Gasteiger partial charge in [-0.05, 0) is 48.9 Å². The van der Waals surface area contributed by atoms with Crippen LogP contribution in [0, 0.1) is 12.7 Å². The van der Waals surface area contributed by atoms with Gasteiger partial charge in [-0.2, -0.15) is 0 Å². The number of primary amides is 1. The van der Waals surface area contributed by atoms with Crippen molar-refractivity contribution in [3.8, 4) is 0 Å². The molecule has 2 amide bonds. The molecular formula is C15H12BrFN2O2. The van der Waals surface area contributed by atoms with Crippen molar-refractivity contribution in [2.45, 2.75) is 6.92 Å². The molecule has 0 radical (unpaired) electrons. The first-order valence-corrected chi connectivity index (χ1v) is 6.84. The maximum Gasteiger partial charge on any atom is 0.255 e. The van der Waals surface area contributed by atoms with Gasteiger partial charge in [-0.1, -0.05) is 15.9 Å². The molecule has 108 valence electrons. The van der Waals surface area contributed by atoms with E-state index in [1.807, 2.05) is 6.92 Å². The Kier molecular flexibility index (Phi) is 4.37. The maximum atomic E-state index is 13.4. The highest BCUT2D eigenvalue weighted by molar-refractivity contribution is 9.10. The van der Waals surface area contributed by atoms with Gasteiger partial charge in [0, 0.05) is 15.7 Å². The van der Waals surface area contributed by atoms with E-state index in [9.17, 15) is 14.0 Å². The minimum atomic E-state index is -0.886. The Labute approximate surface area is 129 Å². The van der Waals surface area contributed by atoms with Crippen molar-refractivity contribution in [2.24, 2.45) is 5.73 Å². The molecule has 0 atom stereocenters. The van der Waals surface area contributed by atoms with Crippen LogP contribution in [0.3, 0.4) is 0 Å². The molecule has 0 saturated heterocycles. The van der Waals surface area contributed by atoms with Gasteiger partial charge in [-0.3, -0.25) is 9.59 Å². The van der Waals surface area contributed by atoms with Gasteiger partial charge in [-0.25, -0.2) is 4.39 Å². The lowest BCUT2D eigenvalue weighted by Crippen LogP contribution is -2.16. The van der Waals surface area contributed by atoms with Crippen molar-refractivity contribution in [3.05, 3.63) is 63.4 Å². The first-order valence-electron chi connectivity index (χ1n) is 6.05. The molecular weight excluding hydrogens is 339 g/mol. The van der Waals surface area contributed by atoms with E-state index in [4.69, 9.17) is 5.73 Å². The molecule has 4 nitrogen and oxygen atoms in total. The molecule has 0 aliphatic carbocycles. The summed E-state index contributed by atoms with van der Waals surface area (Å²) in [6.45, 7) is 1.87. The van der Waals surface area contributed by atoms with Crippen molar-refractivity contribution >= 4 is 33.4 Å². The van der Waals surface area contributed by atoms with Gasteiger partial charge in [0.05, 0.1) is 5.56 Å². The molecule has 2 aromatic carbocycles. The molecule has 0 spiro atoms. The van der Waals surface area contributed by atoms with E-state index in [1.165, 1.54) is 12.1 Å². The fourth-order valence-electron chi connectivity index (χ4n) is 1.78. The molecule has 0 fully saturated rings. The summed E-state index contributed by atoms with van der Waals surface area (Å²) < 4.78 is 14.3. The predicted octanol–water partition coefficient (Wildman–Crippen LogP) is 3.25. The number of hydrogen-bond acceptors (Lipinski definition) is 2. The van der Waals surface area contributed by atoms with Crippen molar-refractivity contribution in [1.82, 2.24) is 0 Å². The molecule has 0 heterocycles. The lowest BCUT2D eigenvalue weighted by Gasteiger charge is -2.08. The summed E-state index contributed by atoms with van der Waals surface area (Å²) in [6.07, 6.45) is 0. The number of aryl methyl sites for hydroxylation is 1. The SMILES string of the molecule is Cc1cc(C(=O)Nc2ccc(F)c(C(N)=O)c2)ccc1Br. The Bertz CT molecular complexity index is 732. The van der Waals surface area contributed by atoms with Crippen LogP contribution < -0.4 is 11.1 Å². The summed E-state index contributed by atoms with van der Waals surface area (Å²) in [5.74, 6) is -1.96. The molecule has 6 heteroatoms. The number of nitrogens with two attached hydrogens (primary N) is 1. The zero-order valence-electron chi connectivity index (χ0n) is 11.1. The molecule has 0 saturated carbocycles.